The van der Waals surface area contributed by atoms with Gasteiger partial charge in [0.1, 0.15) is 6.61 Å². The van der Waals surface area contributed by atoms with Crippen molar-refractivity contribution in [2.24, 2.45) is 0 Å². The predicted octanol–water partition coefficient (Wildman–Crippen LogP) is 2.08. The van der Waals surface area contributed by atoms with Gasteiger partial charge < -0.3 is 15.3 Å². The molecule has 0 unspecified atom stereocenters. The van der Waals surface area contributed by atoms with Crippen molar-refractivity contribution in [1.29, 1.82) is 0 Å². The zero-order valence-corrected chi connectivity index (χ0v) is 11.7. The molecule has 0 aliphatic rings. The Morgan fingerprint density at radius 3 is 2.74 bits per heavy atom. The third-order valence-corrected chi connectivity index (χ3v) is 2.86. The van der Waals surface area contributed by atoms with E-state index >= 15 is 0 Å². The fourth-order valence-electron chi connectivity index (χ4n) is 1.58. The molecule has 0 aliphatic carbocycles. The van der Waals surface area contributed by atoms with Gasteiger partial charge in [0, 0.05) is 24.8 Å². The van der Waals surface area contributed by atoms with Crippen molar-refractivity contribution < 1.29 is 9.90 Å². The molecule has 4 heteroatoms. The minimum absolute atomic E-state index is 0.119. The van der Waals surface area contributed by atoms with E-state index in [1.165, 1.54) is 0 Å². The zero-order chi connectivity index (χ0) is 14.3. The van der Waals surface area contributed by atoms with Crippen LogP contribution in [0.5, 0.6) is 0 Å². The van der Waals surface area contributed by atoms with Crippen LogP contribution in [0.25, 0.3) is 0 Å². The van der Waals surface area contributed by atoms with E-state index in [9.17, 15) is 4.79 Å². The average molecular weight is 260 g/mol. The Kier molecular flexibility index (Phi) is 5.91. The molecule has 19 heavy (non-hydrogen) atoms. The Balaban J connectivity index is 2.93. The highest BCUT2D eigenvalue weighted by Gasteiger charge is 2.09. The first kappa shape index (κ1) is 15.1. The Hall–Kier alpha value is -1.99. The number of hydrogen-bond acceptors (Lipinski definition) is 2. The van der Waals surface area contributed by atoms with Crippen LogP contribution in [0.15, 0.2) is 18.2 Å². The highest BCUT2D eigenvalue weighted by atomic mass is 16.2. The predicted molar refractivity (Wildman–Crippen MR) is 77.1 cm³/mol. The topological polar surface area (TPSA) is 52.6 Å². The highest BCUT2D eigenvalue weighted by Crippen LogP contribution is 2.18. The van der Waals surface area contributed by atoms with E-state index in [1.54, 1.807) is 11.9 Å². The van der Waals surface area contributed by atoms with Crippen LogP contribution in [0.4, 0.5) is 10.5 Å². The molecule has 0 radical (unpaired) electrons. The largest absolute Gasteiger partial charge is 0.384 e. The van der Waals surface area contributed by atoms with E-state index in [4.69, 9.17) is 5.11 Å². The Labute approximate surface area is 114 Å². The van der Waals surface area contributed by atoms with Gasteiger partial charge in [-0.15, -0.1) is 0 Å². The molecule has 0 saturated heterocycles. The Morgan fingerprint density at radius 2 is 2.16 bits per heavy atom. The molecule has 0 aromatic heterocycles. The number of aliphatic hydroxyl groups is 1. The van der Waals surface area contributed by atoms with Crippen LogP contribution in [-0.4, -0.2) is 36.2 Å². The van der Waals surface area contributed by atoms with E-state index in [-0.39, 0.29) is 12.6 Å². The number of rotatable bonds is 3. The van der Waals surface area contributed by atoms with Crippen molar-refractivity contribution in [3.05, 3.63) is 29.3 Å². The van der Waals surface area contributed by atoms with Gasteiger partial charge in [-0.25, -0.2) is 4.79 Å². The molecular weight excluding hydrogens is 240 g/mol. The smallest absolute Gasteiger partial charge is 0.321 e. The van der Waals surface area contributed by atoms with Gasteiger partial charge in [-0.2, -0.15) is 0 Å². The van der Waals surface area contributed by atoms with Crippen LogP contribution in [0.2, 0.25) is 0 Å². The lowest BCUT2D eigenvalue weighted by atomic mass is 10.1. The van der Waals surface area contributed by atoms with E-state index in [0.29, 0.717) is 6.54 Å². The Morgan fingerprint density at radius 1 is 1.42 bits per heavy atom. The fraction of sp³-hybridized carbons (Fsp3) is 0.400. The van der Waals surface area contributed by atoms with Crippen molar-refractivity contribution in [2.45, 2.75) is 20.3 Å². The summed E-state index contributed by atoms with van der Waals surface area (Å²) in [7, 11) is 1.75. The van der Waals surface area contributed by atoms with Crippen molar-refractivity contribution >= 4 is 11.7 Å². The molecule has 0 heterocycles. The third-order valence-electron chi connectivity index (χ3n) is 2.86. The van der Waals surface area contributed by atoms with Crippen LogP contribution < -0.4 is 5.32 Å². The van der Waals surface area contributed by atoms with Gasteiger partial charge in [0.2, 0.25) is 0 Å². The van der Waals surface area contributed by atoms with Crippen LogP contribution in [-0.2, 0) is 6.42 Å². The molecule has 0 spiro atoms. The lowest BCUT2D eigenvalue weighted by Crippen LogP contribution is -2.31. The molecule has 2 amide bonds. The molecular formula is C15H20N2O2. The summed E-state index contributed by atoms with van der Waals surface area (Å²) in [6, 6.07) is 5.50. The van der Waals surface area contributed by atoms with Crippen LogP contribution in [0.3, 0.4) is 0 Å². The molecule has 4 nitrogen and oxygen atoms in total. The summed E-state index contributed by atoms with van der Waals surface area (Å²) in [5.74, 6) is 5.47. The standard InChI is InChI=1S/C15H20N2O2/c1-4-13-11-12(7-6-10-18)8-9-14(13)16-15(19)17(3)5-2/h8-9,11,18H,4-5,10H2,1-3H3,(H,16,19). The quantitative estimate of drug-likeness (QED) is 0.817. The molecule has 0 atom stereocenters. The number of benzene rings is 1. The lowest BCUT2D eigenvalue weighted by Gasteiger charge is -2.17. The van der Waals surface area contributed by atoms with Crippen LogP contribution in [0.1, 0.15) is 25.0 Å². The monoisotopic (exact) mass is 260 g/mol. The molecule has 1 rings (SSSR count). The van der Waals surface area contributed by atoms with Crippen LogP contribution in [0, 0.1) is 11.8 Å². The maximum atomic E-state index is 11.8. The lowest BCUT2D eigenvalue weighted by molar-refractivity contribution is 0.224. The molecule has 0 bridgehead atoms. The minimum Gasteiger partial charge on any atom is -0.384 e. The number of nitrogens with zero attached hydrogens (tertiary/aromatic N) is 1. The van der Waals surface area contributed by atoms with E-state index in [2.05, 4.69) is 17.2 Å². The maximum absolute atomic E-state index is 11.8. The number of aryl methyl sites for hydroxylation is 1. The fourth-order valence-corrected chi connectivity index (χ4v) is 1.58. The molecule has 0 fully saturated rings. The second-order valence-corrected chi connectivity index (χ2v) is 4.13. The zero-order valence-electron chi connectivity index (χ0n) is 11.7. The summed E-state index contributed by atoms with van der Waals surface area (Å²) in [4.78, 5) is 13.4. The number of carbonyl (C=O) groups excluding carboxylic acids is 1. The second-order valence-electron chi connectivity index (χ2n) is 4.13. The molecule has 2 N–H and O–H groups in total. The average Bonchev–Trinajstić information content (AvgIpc) is 2.44. The van der Waals surface area contributed by atoms with E-state index in [0.717, 1.165) is 23.2 Å². The maximum Gasteiger partial charge on any atom is 0.321 e. The van der Waals surface area contributed by atoms with Crippen molar-refractivity contribution in [1.82, 2.24) is 4.90 Å². The van der Waals surface area contributed by atoms with Crippen LogP contribution >= 0.6 is 0 Å². The van der Waals surface area contributed by atoms with Gasteiger partial charge in [-0.1, -0.05) is 18.8 Å². The summed E-state index contributed by atoms with van der Waals surface area (Å²) < 4.78 is 0. The first-order chi connectivity index (χ1) is 9.12. The third kappa shape index (κ3) is 4.31. The number of urea groups is 1. The second kappa shape index (κ2) is 7.45. The summed E-state index contributed by atoms with van der Waals surface area (Å²) >= 11 is 0. The van der Waals surface area contributed by atoms with Gasteiger partial charge in [0.05, 0.1) is 0 Å². The number of anilines is 1. The number of nitrogens with one attached hydrogen (secondary N) is 1. The number of aliphatic hydroxyl groups excluding tert-OH is 1. The van der Waals surface area contributed by atoms with Gasteiger partial charge in [0.25, 0.3) is 0 Å². The SMILES string of the molecule is CCc1cc(C#CCO)ccc1NC(=O)N(C)CC. The van der Waals surface area contributed by atoms with Crippen molar-refractivity contribution in [2.75, 3.05) is 25.5 Å². The molecule has 1 aromatic carbocycles. The molecule has 1 aromatic rings. The van der Waals surface area contributed by atoms with Gasteiger partial charge in [-0.05, 0) is 37.1 Å². The molecule has 102 valence electrons. The van der Waals surface area contributed by atoms with Crippen molar-refractivity contribution in [3.63, 3.8) is 0 Å². The first-order valence-corrected chi connectivity index (χ1v) is 6.37. The molecule has 0 saturated carbocycles. The summed E-state index contributed by atoms with van der Waals surface area (Å²) in [6.45, 7) is 4.46. The highest BCUT2D eigenvalue weighted by molar-refractivity contribution is 5.90. The Bertz CT molecular complexity index is 501. The van der Waals surface area contributed by atoms with E-state index < -0.39 is 0 Å². The number of carbonyl (C=O) groups is 1. The minimum atomic E-state index is -0.152. The van der Waals surface area contributed by atoms with Gasteiger partial charge >= 0.3 is 6.03 Å². The first-order valence-electron chi connectivity index (χ1n) is 6.37. The van der Waals surface area contributed by atoms with Gasteiger partial charge in [0.15, 0.2) is 0 Å². The normalized spacial score (nSPS) is 9.47. The molecule has 0 aliphatic heterocycles. The summed E-state index contributed by atoms with van der Waals surface area (Å²) in [5.41, 5.74) is 2.68. The van der Waals surface area contributed by atoms with Crippen molar-refractivity contribution in [3.8, 4) is 11.8 Å². The van der Waals surface area contributed by atoms with E-state index in [1.807, 2.05) is 32.0 Å². The van der Waals surface area contributed by atoms with Gasteiger partial charge in [-0.3, -0.25) is 0 Å². The number of hydrogen-bond donors (Lipinski definition) is 2. The number of amides is 2. The summed E-state index contributed by atoms with van der Waals surface area (Å²) in [6.07, 6.45) is 0.806. The summed E-state index contributed by atoms with van der Waals surface area (Å²) in [5, 5.41) is 11.6.